The molecule has 0 spiro atoms. The SMILES string of the molecule is N#Cc1ccc(N2C[C@@H](O)C[C@H]2c2ccc(F)c(F)c2)cn1. The molecule has 2 heterocycles. The maximum Gasteiger partial charge on any atom is 0.159 e. The van der Waals surface area contributed by atoms with E-state index in [0.717, 1.165) is 17.8 Å². The number of aliphatic hydroxyl groups is 1. The van der Waals surface area contributed by atoms with Crippen LogP contribution in [-0.2, 0) is 0 Å². The van der Waals surface area contributed by atoms with E-state index < -0.39 is 17.7 Å². The first-order valence-electron chi connectivity index (χ1n) is 6.84. The molecular weight excluding hydrogens is 288 g/mol. The van der Waals surface area contributed by atoms with Crippen LogP contribution in [0.5, 0.6) is 0 Å². The molecule has 112 valence electrons. The first-order valence-corrected chi connectivity index (χ1v) is 6.84. The Morgan fingerprint density at radius 3 is 2.68 bits per heavy atom. The molecule has 1 saturated heterocycles. The first-order chi connectivity index (χ1) is 10.6. The normalized spacial score (nSPS) is 20.9. The van der Waals surface area contributed by atoms with Gasteiger partial charge in [-0.1, -0.05) is 6.07 Å². The number of nitriles is 1. The molecule has 1 fully saturated rings. The molecule has 0 amide bonds. The number of nitrogens with zero attached hydrogens (tertiary/aromatic N) is 3. The number of benzene rings is 1. The van der Waals surface area contributed by atoms with Gasteiger partial charge in [0.25, 0.3) is 0 Å². The third-order valence-corrected chi connectivity index (χ3v) is 3.80. The van der Waals surface area contributed by atoms with Gasteiger partial charge in [0.1, 0.15) is 11.8 Å². The monoisotopic (exact) mass is 301 g/mol. The topological polar surface area (TPSA) is 60.2 Å². The summed E-state index contributed by atoms with van der Waals surface area (Å²) in [7, 11) is 0. The predicted molar refractivity (Wildman–Crippen MR) is 76.0 cm³/mol. The van der Waals surface area contributed by atoms with Gasteiger partial charge in [-0.3, -0.25) is 0 Å². The lowest BCUT2D eigenvalue weighted by atomic mass is 10.0. The van der Waals surface area contributed by atoms with Crippen molar-refractivity contribution in [3.63, 3.8) is 0 Å². The summed E-state index contributed by atoms with van der Waals surface area (Å²) in [5.41, 5.74) is 1.62. The van der Waals surface area contributed by atoms with Crippen LogP contribution < -0.4 is 4.90 Å². The number of hydrogen-bond donors (Lipinski definition) is 1. The second-order valence-electron chi connectivity index (χ2n) is 5.24. The fraction of sp³-hybridized carbons (Fsp3) is 0.250. The summed E-state index contributed by atoms with van der Waals surface area (Å²) in [5.74, 6) is -1.80. The average molecular weight is 301 g/mol. The van der Waals surface area contributed by atoms with E-state index in [4.69, 9.17) is 5.26 Å². The standard InChI is InChI=1S/C16H13F2N3O/c17-14-4-1-10(5-15(14)18)16-6-13(22)9-21(16)12-3-2-11(7-19)20-8-12/h1-5,8,13,16,22H,6,9H2/t13-,16-/m0/s1. The Labute approximate surface area is 126 Å². The lowest BCUT2D eigenvalue weighted by molar-refractivity contribution is 0.194. The van der Waals surface area contributed by atoms with Crippen molar-refractivity contribution in [3.8, 4) is 6.07 Å². The van der Waals surface area contributed by atoms with Gasteiger partial charge in [0.2, 0.25) is 0 Å². The molecule has 22 heavy (non-hydrogen) atoms. The molecule has 1 aliphatic heterocycles. The number of aromatic nitrogens is 1. The highest BCUT2D eigenvalue weighted by Gasteiger charge is 2.32. The van der Waals surface area contributed by atoms with Gasteiger partial charge >= 0.3 is 0 Å². The predicted octanol–water partition coefficient (Wildman–Crippen LogP) is 2.54. The van der Waals surface area contributed by atoms with Crippen LogP contribution in [0.4, 0.5) is 14.5 Å². The van der Waals surface area contributed by atoms with Gasteiger partial charge < -0.3 is 10.0 Å². The van der Waals surface area contributed by atoms with Gasteiger partial charge in [0, 0.05) is 6.54 Å². The van der Waals surface area contributed by atoms with Crippen molar-refractivity contribution < 1.29 is 13.9 Å². The number of rotatable bonds is 2. The van der Waals surface area contributed by atoms with Crippen LogP contribution in [0.2, 0.25) is 0 Å². The fourth-order valence-electron chi connectivity index (χ4n) is 2.76. The highest BCUT2D eigenvalue weighted by molar-refractivity contribution is 5.50. The van der Waals surface area contributed by atoms with Gasteiger partial charge in [-0.15, -0.1) is 0 Å². The van der Waals surface area contributed by atoms with Crippen molar-refractivity contribution >= 4 is 5.69 Å². The molecule has 1 aromatic carbocycles. The molecule has 0 unspecified atom stereocenters. The first kappa shape index (κ1) is 14.4. The van der Waals surface area contributed by atoms with E-state index in [1.54, 1.807) is 18.3 Å². The number of halogens is 2. The van der Waals surface area contributed by atoms with Crippen LogP contribution in [0.3, 0.4) is 0 Å². The highest BCUT2D eigenvalue weighted by Crippen LogP contribution is 2.36. The summed E-state index contributed by atoms with van der Waals surface area (Å²) < 4.78 is 26.5. The molecule has 1 aliphatic rings. The zero-order chi connectivity index (χ0) is 15.7. The van der Waals surface area contributed by atoms with Crippen molar-refractivity contribution in [3.05, 3.63) is 59.4 Å². The summed E-state index contributed by atoms with van der Waals surface area (Å²) in [6, 6.07) is 8.76. The largest absolute Gasteiger partial charge is 0.391 e. The van der Waals surface area contributed by atoms with E-state index in [1.165, 1.54) is 6.07 Å². The van der Waals surface area contributed by atoms with Gasteiger partial charge in [-0.2, -0.15) is 5.26 Å². The number of pyridine rings is 1. The van der Waals surface area contributed by atoms with E-state index >= 15 is 0 Å². The van der Waals surface area contributed by atoms with Crippen molar-refractivity contribution in [2.45, 2.75) is 18.6 Å². The number of anilines is 1. The Morgan fingerprint density at radius 2 is 2.05 bits per heavy atom. The van der Waals surface area contributed by atoms with E-state index in [1.807, 2.05) is 11.0 Å². The minimum absolute atomic E-state index is 0.264. The van der Waals surface area contributed by atoms with Crippen molar-refractivity contribution in [2.75, 3.05) is 11.4 Å². The maximum atomic E-state index is 13.5. The second kappa shape index (κ2) is 5.70. The van der Waals surface area contributed by atoms with Crippen molar-refractivity contribution in [1.29, 1.82) is 5.26 Å². The summed E-state index contributed by atoms with van der Waals surface area (Å²) in [5, 5.41) is 18.7. The zero-order valence-corrected chi connectivity index (χ0v) is 11.6. The Kier molecular flexibility index (Phi) is 3.73. The van der Waals surface area contributed by atoms with Crippen molar-refractivity contribution in [1.82, 2.24) is 4.98 Å². The van der Waals surface area contributed by atoms with Crippen LogP contribution >= 0.6 is 0 Å². The molecule has 1 N–H and O–H groups in total. The molecule has 0 aliphatic carbocycles. The Balaban J connectivity index is 1.94. The number of hydrogen-bond acceptors (Lipinski definition) is 4. The smallest absolute Gasteiger partial charge is 0.159 e. The van der Waals surface area contributed by atoms with Gasteiger partial charge in [-0.05, 0) is 36.2 Å². The molecule has 2 atom stereocenters. The summed E-state index contributed by atoms with van der Waals surface area (Å²) in [4.78, 5) is 5.89. The zero-order valence-electron chi connectivity index (χ0n) is 11.6. The number of aliphatic hydroxyl groups excluding tert-OH is 1. The third-order valence-electron chi connectivity index (χ3n) is 3.80. The third kappa shape index (κ3) is 2.63. The summed E-state index contributed by atoms with van der Waals surface area (Å²) in [6.07, 6.45) is 1.41. The highest BCUT2D eigenvalue weighted by atomic mass is 19.2. The molecular formula is C16H13F2N3O. The van der Waals surface area contributed by atoms with Gasteiger partial charge in [0.05, 0.1) is 24.0 Å². The Morgan fingerprint density at radius 1 is 1.23 bits per heavy atom. The fourth-order valence-corrected chi connectivity index (χ4v) is 2.76. The molecule has 3 rings (SSSR count). The van der Waals surface area contributed by atoms with Gasteiger partial charge in [-0.25, -0.2) is 13.8 Å². The molecule has 0 bridgehead atoms. The minimum Gasteiger partial charge on any atom is -0.391 e. The molecule has 1 aromatic heterocycles. The van der Waals surface area contributed by atoms with Gasteiger partial charge in [0.15, 0.2) is 11.6 Å². The van der Waals surface area contributed by atoms with Crippen LogP contribution in [0, 0.1) is 23.0 Å². The Bertz CT molecular complexity index is 727. The van der Waals surface area contributed by atoms with Crippen LogP contribution in [0.15, 0.2) is 36.5 Å². The summed E-state index contributed by atoms with van der Waals surface area (Å²) in [6.45, 7) is 0.372. The van der Waals surface area contributed by atoms with E-state index in [0.29, 0.717) is 24.2 Å². The quantitative estimate of drug-likeness (QED) is 0.926. The average Bonchev–Trinajstić information content (AvgIpc) is 2.92. The van der Waals surface area contributed by atoms with E-state index in [-0.39, 0.29) is 6.04 Å². The van der Waals surface area contributed by atoms with E-state index in [9.17, 15) is 13.9 Å². The second-order valence-corrected chi connectivity index (χ2v) is 5.24. The van der Waals surface area contributed by atoms with Crippen LogP contribution in [0.25, 0.3) is 0 Å². The molecule has 0 saturated carbocycles. The molecule has 6 heteroatoms. The molecule has 0 radical (unpaired) electrons. The Hall–Kier alpha value is -2.52. The lowest BCUT2D eigenvalue weighted by Crippen LogP contribution is -2.24. The van der Waals surface area contributed by atoms with Crippen LogP contribution in [0.1, 0.15) is 23.7 Å². The minimum atomic E-state index is -0.906. The molecule has 4 nitrogen and oxygen atoms in total. The molecule has 2 aromatic rings. The van der Waals surface area contributed by atoms with Crippen LogP contribution in [-0.4, -0.2) is 22.7 Å². The lowest BCUT2D eigenvalue weighted by Gasteiger charge is -2.26. The van der Waals surface area contributed by atoms with Crippen molar-refractivity contribution in [2.24, 2.45) is 0 Å². The summed E-state index contributed by atoms with van der Waals surface area (Å²) >= 11 is 0. The maximum absolute atomic E-state index is 13.5. The van der Waals surface area contributed by atoms with E-state index in [2.05, 4.69) is 4.98 Å². The number of β-amino-alcohol motifs (C(OH)–C–C–N with tert-alkyl or cyclic N) is 1.